The van der Waals surface area contributed by atoms with Crippen LogP contribution in [0.5, 0.6) is 5.75 Å². The Labute approximate surface area is 182 Å². The molecule has 13 heteroatoms. The summed E-state index contributed by atoms with van der Waals surface area (Å²) in [5, 5.41) is 13.6. The number of aryl methyl sites for hydroxylation is 1. The van der Waals surface area contributed by atoms with Gasteiger partial charge in [0.15, 0.2) is 0 Å². The minimum atomic E-state index is -4.87. The number of non-ortho nitro benzene ring substituents is 1. The molecule has 1 N–H and O–H groups in total. The quantitative estimate of drug-likeness (QED) is 0.456. The van der Waals surface area contributed by atoms with Crippen LogP contribution in [-0.4, -0.2) is 37.9 Å². The number of sulfonamides is 1. The largest absolute Gasteiger partial charge is 0.573 e. The van der Waals surface area contributed by atoms with E-state index in [9.17, 15) is 36.5 Å². The van der Waals surface area contributed by atoms with Crippen molar-refractivity contribution in [3.63, 3.8) is 0 Å². The van der Waals surface area contributed by atoms with Crippen molar-refractivity contribution < 1.29 is 36.0 Å². The summed E-state index contributed by atoms with van der Waals surface area (Å²) in [6.45, 7) is 3.09. The van der Waals surface area contributed by atoms with Crippen molar-refractivity contribution in [3.05, 3.63) is 58.1 Å². The maximum absolute atomic E-state index is 12.9. The standard InChI is InChI=1S/C19H20F3N3O6S/c1-4-16(18(26)23-13-6-9-15(10-7-13)31-19(20,21)22)24(32(3,29)30)17-11-14(25(27)28)8-5-12(17)2/h5-11,16H,4H2,1-3H3,(H,23,26)/t16-/m0/s1. The average molecular weight is 475 g/mol. The first-order valence-corrected chi connectivity index (χ1v) is 11.0. The number of nitrogens with zero attached hydrogens (tertiary/aromatic N) is 2. The zero-order valence-corrected chi connectivity index (χ0v) is 18.0. The van der Waals surface area contributed by atoms with Crippen LogP contribution in [0.15, 0.2) is 42.5 Å². The number of benzene rings is 2. The van der Waals surface area contributed by atoms with Gasteiger partial charge in [-0.2, -0.15) is 0 Å². The summed E-state index contributed by atoms with van der Waals surface area (Å²) in [4.78, 5) is 23.3. The van der Waals surface area contributed by atoms with Crippen molar-refractivity contribution in [2.45, 2.75) is 32.7 Å². The Morgan fingerprint density at radius 1 is 1.22 bits per heavy atom. The molecule has 32 heavy (non-hydrogen) atoms. The van der Waals surface area contributed by atoms with Gasteiger partial charge in [0.05, 0.1) is 16.9 Å². The van der Waals surface area contributed by atoms with Crippen LogP contribution in [-0.2, 0) is 14.8 Å². The first-order valence-electron chi connectivity index (χ1n) is 9.14. The third-order valence-corrected chi connectivity index (χ3v) is 5.49. The summed E-state index contributed by atoms with van der Waals surface area (Å²) in [6, 6.07) is 6.67. The molecule has 0 saturated heterocycles. The molecule has 174 valence electrons. The monoisotopic (exact) mass is 475 g/mol. The first kappa shape index (κ1) is 24.9. The lowest BCUT2D eigenvalue weighted by Gasteiger charge is -2.31. The molecule has 2 aromatic carbocycles. The van der Waals surface area contributed by atoms with Crippen LogP contribution >= 0.6 is 0 Å². The first-order chi connectivity index (χ1) is 14.7. The summed E-state index contributed by atoms with van der Waals surface area (Å²) in [5.74, 6) is -1.26. The number of nitro groups is 1. The van der Waals surface area contributed by atoms with Crippen molar-refractivity contribution >= 4 is 33.0 Å². The van der Waals surface area contributed by atoms with E-state index in [1.54, 1.807) is 13.8 Å². The van der Waals surface area contributed by atoms with Gasteiger partial charge in [0, 0.05) is 17.8 Å². The zero-order valence-electron chi connectivity index (χ0n) is 17.2. The molecule has 1 atom stereocenters. The highest BCUT2D eigenvalue weighted by Crippen LogP contribution is 2.31. The van der Waals surface area contributed by atoms with Gasteiger partial charge in [-0.1, -0.05) is 13.0 Å². The second kappa shape index (κ2) is 9.42. The molecule has 1 amide bonds. The smallest absolute Gasteiger partial charge is 0.406 e. The van der Waals surface area contributed by atoms with Crippen LogP contribution in [0, 0.1) is 17.0 Å². The Bertz CT molecular complexity index is 1100. The fraction of sp³-hybridized carbons (Fsp3) is 0.316. The van der Waals surface area contributed by atoms with Gasteiger partial charge in [0.2, 0.25) is 15.9 Å². The van der Waals surface area contributed by atoms with Crippen LogP contribution in [0.4, 0.5) is 30.2 Å². The SMILES string of the molecule is CC[C@@H](C(=O)Nc1ccc(OC(F)(F)F)cc1)N(c1cc([N+](=O)[O-])ccc1C)S(C)(=O)=O. The van der Waals surface area contributed by atoms with Crippen LogP contribution in [0.25, 0.3) is 0 Å². The van der Waals surface area contributed by atoms with Crippen LogP contribution in [0.3, 0.4) is 0 Å². The Morgan fingerprint density at radius 2 is 1.81 bits per heavy atom. The number of hydrogen-bond acceptors (Lipinski definition) is 6. The van der Waals surface area contributed by atoms with Crippen molar-refractivity contribution in [1.29, 1.82) is 0 Å². The molecule has 0 aromatic heterocycles. The third kappa shape index (κ3) is 6.33. The molecule has 0 aliphatic heterocycles. The van der Waals surface area contributed by atoms with E-state index < -0.39 is 39.0 Å². The lowest BCUT2D eigenvalue weighted by Crippen LogP contribution is -2.47. The molecule has 0 radical (unpaired) electrons. The third-order valence-electron chi connectivity index (χ3n) is 4.33. The van der Waals surface area contributed by atoms with Gasteiger partial charge in [0.1, 0.15) is 11.8 Å². The van der Waals surface area contributed by atoms with Crippen LogP contribution in [0.2, 0.25) is 0 Å². The number of anilines is 2. The topological polar surface area (TPSA) is 119 Å². The van der Waals surface area contributed by atoms with Crippen LogP contribution < -0.4 is 14.4 Å². The minimum absolute atomic E-state index is 0.0102. The van der Waals surface area contributed by atoms with Gasteiger partial charge < -0.3 is 10.1 Å². The second-order valence-corrected chi connectivity index (χ2v) is 8.63. The number of rotatable bonds is 8. The number of ether oxygens (including phenoxy) is 1. The Morgan fingerprint density at radius 3 is 2.28 bits per heavy atom. The summed E-state index contributed by atoms with van der Waals surface area (Å²) in [6.07, 6.45) is -4.00. The number of amides is 1. The molecule has 0 heterocycles. The normalized spacial score (nSPS) is 12.7. The second-order valence-electron chi connectivity index (χ2n) is 6.77. The van der Waals surface area contributed by atoms with Crippen molar-refractivity contribution in [1.82, 2.24) is 0 Å². The van der Waals surface area contributed by atoms with Gasteiger partial charge in [-0.15, -0.1) is 13.2 Å². The predicted molar refractivity (Wildman–Crippen MR) is 111 cm³/mol. The zero-order chi connectivity index (χ0) is 24.3. The van der Waals surface area contributed by atoms with E-state index in [0.717, 1.165) is 40.9 Å². The van der Waals surface area contributed by atoms with Crippen LogP contribution in [0.1, 0.15) is 18.9 Å². The van der Waals surface area contributed by atoms with E-state index in [1.807, 2.05) is 0 Å². The number of nitro benzene ring substituents is 1. The van der Waals surface area contributed by atoms with Gasteiger partial charge in [-0.05, 0) is 43.2 Å². The minimum Gasteiger partial charge on any atom is -0.406 e. The van der Waals surface area contributed by atoms with E-state index in [4.69, 9.17) is 0 Å². The highest BCUT2D eigenvalue weighted by molar-refractivity contribution is 7.92. The summed E-state index contributed by atoms with van der Waals surface area (Å²) in [7, 11) is -4.05. The molecule has 0 unspecified atom stereocenters. The molecule has 0 saturated carbocycles. The van der Waals surface area contributed by atoms with Crippen molar-refractivity contribution in [3.8, 4) is 5.75 Å². The maximum Gasteiger partial charge on any atom is 0.573 e. The molecular formula is C19H20F3N3O6S. The van der Waals surface area contributed by atoms with Gasteiger partial charge in [-0.25, -0.2) is 8.42 Å². The summed E-state index contributed by atoms with van der Waals surface area (Å²) >= 11 is 0. The number of nitrogens with one attached hydrogen (secondary N) is 1. The van der Waals surface area contributed by atoms with Crippen molar-refractivity contribution in [2.24, 2.45) is 0 Å². The molecular weight excluding hydrogens is 455 g/mol. The fourth-order valence-corrected chi connectivity index (χ4v) is 4.21. The maximum atomic E-state index is 12.9. The highest BCUT2D eigenvalue weighted by atomic mass is 32.2. The number of halogens is 3. The Balaban J connectivity index is 2.37. The summed E-state index contributed by atoms with van der Waals surface area (Å²) < 4.78 is 66.5. The Hall–Kier alpha value is -3.35. The Kier molecular flexibility index (Phi) is 7.34. The molecule has 0 aliphatic carbocycles. The van der Waals surface area contributed by atoms with Gasteiger partial charge >= 0.3 is 6.36 Å². The molecule has 2 aromatic rings. The number of carbonyl (C=O) groups is 1. The van der Waals surface area contributed by atoms with E-state index in [-0.39, 0.29) is 23.5 Å². The lowest BCUT2D eigenvalue weighted by molar-refractivity contribution is -0.384. The van der Waals surface area contributed by atoms with E-state index in [1.165, 1.54) is 12.1 Å². The predicted octanol–water partition coefficient (Wildman–Crippen LogP) is 3.99. The molecule has 0 aliphatic rings. The fourth-order valence-electron chi connectivity index (χ4n) is 2.95. The van der Waals surface area contributed by atoms with Crippen molar-refractivity contribution in [2.75, 3.05) is 15.9 Å². The number of alkyl halides is 3. The van der Waals surface area contributed by atoms with Gasteiger partial charge in [-0.3, -0.25) is 19.2 Å². The van der Waals surface area contributed by atoms with E-state index in [0.29, 0.717) is 5.56 Å². The van der Waals surface area contributed by atoms with E-state index in [2.05, 4.69) is 10.1 Å². The average Bonchev–Trinajstić information content (AvgIpc) is 2.66. The molecule has 2 rings (SSSR count). The molecule has 9 nitrogen and oxygen atoms in total. The molecule has 0 spiro atoms. The van der Waals surface area contributed by atoms with Gasteiger partial charge in [0.25, 0.3) is 5.69 Å². The molecule has 0 fully saturated rings. The van der Waals surface area contributed by atoms with E-state index >= 15 is 0 Å². The number of carbonyl (C=O) groups excluding carboxylic acids is 1. The number of hydrogen-bond donors (Lipinski definition) is 1. The summed E-state index contributed by atoms with van der Waals surface area (Å²) in [5.41, 5.74) is 0.112. The highest BCUT2D eigenvalue weighted by Gasteiger charge is 2.34. The molecule has 0 bridgehead atoms. The lowest BCUT2D eigenvalue weighted by atomic mass is 10.1.